The van der Waals surface area contributed by atoms with Crippen LogP contribution in [-0.2, 0) is 4.79 Å². The van der Waals surface area contributed by atoms with Gasteiger partial charge in [0.2, 0.25) is 0 Å². The van der Waals surface area contributed by atoms with Gasteiger partial charge in [-0.25, -0.2) is 4.99 Å². The molecule has 1 saturated carbocycles. The van der Waals surface area contributed by atoms with E-state index >= 15 is 0 Å². The second-order valence-corrected chi connectivity index (χ2v) is 10.2. The number of carbonyl (C=O) groups is 1. The molecule has 2 aromatic carbocycles. The van der Waals surface area contributed by atoms with Crippen LogP contribution in [0.15, 0.2) is 68.9 Å². The molecule has 1 amide bonds. The summed E-state index contributed by atoms with van der Waals surface area (Å²) in [5.41, 5.74) is 2.37. The second-order valence-electron chi connectivity index (χ2n) is 9.15. The van der Waals surface area contributed by atoms with Crippen molar-refractivity contribution in [2.45, 2.75) is 45.1 Å². The minimum Gasteiger partial charge on any atom is -0.496 e. The predicted molar refractivity (Wildman–Crippen MR) is 145 cm³/mol. The highest BCUT2D eigenvalue weighted by atomic mass is 32.2. The molecule has 1 aliphatic heterocycles. The Hall–Kier alpha value is -3.85. The molecule has 37 heavy (non-hydrogen) atoms. The van der Waals surface area contributed by atoms with Crippen molar-refractivity contribution < 1.29 is 18.9 Å². The van der Waals surface area contributed by atoms with E-state index in [1.54, 1.807) is 24.3 Å². The molecule has 5 rings (SSSR count). The molecule has 8 nitrogen and oxygen atoms in total. The van der Waals surface area contributed by atoms with Crippen LogP contribution < -0.4 is 4.74 Å². The first-order valence-corrected chi connectivity index (χ1v) is 13.1. The van der Waals surface area contributed by atoms with Gasteiger partial charge in [0.1, 0.15) is 17.3 Å². The standard InChI is InChI=1S/C28H27N3O5S/c1-18-8-10-19(11-9-18)29-28-30(20-6-4-3-5-7-20)27(32)26(37-28)17-22-13-15-25(36-22)23-16-21(31(33)34)12-14-24(23)35-2/h8-17,20H,3-7H2,1-2H3/b26-17+,29-28?. The Balaban J connectivity index is 1.47. The van der Waals surface area contributed by atoms with Crippen molar-refractivity contribution in [3.8, 4) is 17.1 Å². The average molecular weight is 518 g/mol. The number of aryl methyl sites for hydroxylation is 1. The van der Waals surface area contributed by atoms with Crippen molar-refractivity contribution in [2.75, 3.05) is 7.11 Å². The van der Waals surface area contributed by atoms with Gasteiger partial charge >= 0.3 is 0 Å². The van der Waals surface area contributed by atoms with Crippen LogP contribution in [0.4, 0.5) is 11.4 Å². The number of nitrogens with zero attached hydrogens (tertiary/aromatic N) is 3. The molecular formula is C28H27N3O5S. The molecule has 1 saturated heterocycles. The van der Waals surface area contributed by atoms with Gasteiger partial charge in [0.05, 0.1) is 28.2 Å². The Kier molecular flexibility index (Phi) is 7.14. The number of hydrogen-bond acceptors (Lipinski definition) is 7. The molecule has 0 unspecified atom stereocenters. The topological polar surface area (TPSA) is 98.2 Å². The molecule has 0 radical (unpaired) electrons. The highest BCUT2D eigenvalue weighted by Gasteiger charge is 2.39. The first-order valence-electron chi connectivity index (χ1n) is 12.2. The summed E-state index contributed by atoms with van der Waals surface area (Å²) in [6.45, 7) is 2.03. The Morgan fingerprint density at radius 3 is 2.57 bits per heavy atom. The quantitative estimate of drug-likeness (QED) is 0.196. The molecule has 1 aliphatic carbocycles. The first-order chi connectivity index (χ1) is 17.9. The lowest BCUT2D eigenvalue weighted by atomic mass is 9.94. The summed E-state index contributed by atoms with van der Waals surface area (Å²) in [7, 11) is 1.50. The van der Waals surface area contributed by atoms with Crippen LogP contribution in [0, 0.1) is 17.0 Å². The van der Waals surface area contributed by atoms with Crippen molar-refractivity contribution in [3.05, 3.63) is 80.9 Å². The van der Waals surface area contributed by atoms with Crippen LogP contribution in [0.5, 0.6) is 5.75 Å². The van der Waals surface area contributed by atoms with E-state index in [2.05, 4.69) is 0 Å². The molecule has 2 aliphatic rings. The third-order valence-electron chi connectivity index (χ3n) is 6.59. The van der Waals surface area contributed by atoms with Gasteiger partial charge in [-0.2, -0.15) is 0 Å². The van der Waals surface area contributed by atoms with E-state index in [9.17, 15) is 14.9 Å². The molecule has 2 heterocycles. The molecule has 0 spiro atoms. The highest BCUT2D eigenvalue weighted by molar-refractivity contribution is 8.18. The monoisotopic (exact) mass is 517 g/mol. The number of hydrogen-bond donors (Lipinski definition) is 0. The lowest BCUT2D eigenvalue weighted by Crippen LogP contribution is -2.40. The number of nitro groups is 1. The maximum Gasteiger partial charge on any atom is 0.270 e. The fourth-order valence-electron chi connectivity index (χ4n) is 4.66. The van der Waals surface area contributed by atoms with E-state index in [0.29, 0.717) is 32.9 Å². The van der Waals surface area contributed by atoms with Gasteiger partial charge in [0.25, 0.3) is 11.6 Å². The van der Waals surface area contributed by atoms with Crippen LogP contribution >= 0.6 is 11.8 Å². The summed E-state index contributed by atoms with van der Waals surface area (Å²) >= 11 is 1.35. The molecule has 0 bridgehead atoms. The summed E-state index contributed by atoms with van der Waals surface area (Å²) in [6.07, 6.45) is 7.03. The van der Waals surface area contributed by atoms with Crippen LogP contribution in [0.1, 0.15) is 43.4 Å². The molecule has 0 atom stereocenters. The third kappa shape index (κ3) is 5.32. The van der Waals surface area contributed by atoms with Crippen LogP contribution in [0.3, 0.4) is 0 Å². The number of amidine groups is 1. The number of thioether (sulfide) groups is 1. The van der Waals surface area contributed by atoms with Gasteiger partial charge in [0, 0.05) is 24.3 Å². The fourth-order valence-corrected chi connectivity index (χ4v) is 5.70. The first kappa shape index (κ1) is 24.8. The summed E-state index contributed by atoms with van der Waals surface area (Å²) in [6, 6.07) is 15.9. The molecule has 0 N–H and O–H groups in total. The SMILES string of the molecule is COc1ccc([N+](=O)[O-])cc1-c1ccc(/C=C2/SC(=Nc3ccc(C)cc3)N(C3CCCCC3)C2=O)o1. The van der Waals surface area contributed by atoms with Gasteiger partial charge in [0.15, 0.2) is 5.17 Å². The number of nitro benzene ring substituents is 1. The minimum absolute atomic E-state index is 0.0614. The van der Waals surface area contributed by atoms with Crippen LogP contribution in [0.2, 0.25) is 0 Å². The number of non-ortho nitro benzene ring substituents is 1. The van der Waals surface area contributed by atoms with Gasteiger partial charge in [-0.3, -0.25) is 19.8 Å². The Labute approximate surface area is 219 Å². The molecule has 9 heteroatoms. The zero-order valence-corrected chi connectivity index (χ0v) is 21.5. The largest absolute Gasteiger partial charge is 0.496 e. The zero-order chi connectivity index (χ0) is 25.9. The number of carbonyl (C=O) groups excluding carboxylic acids is 1. The maximum atomic E-state index is 13.6. The zero-order valence-electron chi connectivity index (χ0n) is 20.7. The number of methoxy groups -OCH3 is 1. The molecule has 2 fully saturated rings. The van der Waals surface area contributed by atoms with E-state index < -0.39 is 4.92 Å². The summed E-state index contributed by atoms with van der Waals surface area (Å²) in [5, 5.41) is 11.9. The van der Waals surface area contributed by atoms with E-state index in [1.165, 1.54) is 37.4 Å². The Morgan fingerprint density at radius 2 is 1.86 bits per heavy atom. The Morgan fingerprint density at radius 1 is 1.11 bits per heavy atom. The third-order valence-corrected chi connectivity index (χ3v) is 7.58. The maximum absolute atomic E-state index is 13.6. The summed E-state index contributed by atoms with van der Waals surface area (Å²) in [5.74, 6) is 1.27. The van der Waals surface area contributed by atoms with Crippen LogP contribution in [0.25, 0.3) is 17.4 Å². The molecule has 1 aromatic heterocycles. The molecule has 3 aromatic rings. The minimum atomic E-state index is -0.461. The number of amides is 1. The van der Waals surface area contributed by atoms with Crippen molar-refractivity contribution >= 4 is 40.3 Å². The summed E-state index contributed by atoms with van der Waals surface area (Å²) in [4.78, 5) is 31.6. The normalized spacial score (nSPS) is 18.6. The van der Waals surface area contributed by atoms with Crippen molar-refractivity contribution in [3.63, 3.8) is 0 Å². The van der Waals surface area contributed by atoms with Crippen LogP contribution in [-0.4, -0.2) is 34.0 Å². The number of aliphatic imine (C=N–C) groups is 1. The van der Waals surface area contributed by atoms with E-state index in [4.69, 9.17) is 14.1 Å². The lowest BCUT2D eigenvalue weighted by Gasteiger charge is -2.30. The number of benzene rings is 2. The van der Waals surface area contributed by atoms with Gasteiger partial charge in [-0.15, -0.1) is 0 Å². The molecular weight excluding hydrogens is 490 g/mol. The van der Waals surface area contributed by atoms with Gasteiger partial charge in [-0.05, 0) is 61.9 Å². The van der Waals surface area contributed by atoms with Crippen molar-refractivity contribution in [1.29, 1.82) is 0 Å². The average Bonchev–Trinajstić information content (AvgIpc) is 3.49. The summed E-state index contributed by atoms with van der Waals surface area (Å²) < 4.78 is 11.4. The van der Waals surface area contributed by atoms with E-state index in [-0.39, 0.29) is 17.6 Å². The van der Waals surface area contributed by atoms with E-state index in [1.807, 2.05) is 36.1 Å². The predicted octanol–water partition coefficient (Wildman–Crippen LogP) is 7.11. The number of rotatable bonds is 6. The smallest absolute Gasteiger partial charge is 0.270 e. The lowest BCUT2D eigenvalue weighted by molar-refractivity contribution is -0.384. The fraction of sp³-hybridized carbons (Fsp3) is 0.286. The van der Waals surface area contributed by atoms with E-state index in [0.717, 1.165) is 36.9 Å². The van der Waals surface area contributed by atoms with Gasteiger partial charge < -0.3 is 9.15 Å². The van der Waals surface area contributed by atoms with Crippen molar-refractivity contribution in [1.82, 2.24) is 4.90 Å². The number of ether oxygens (including phenoxy) is 1. The highest BCUT2D eigenvalue weighted by Crippen LogP contribution is 2.40. The Bertz CT molecular complexity index is 1390. The van der Waals surface area contributed by atoms with Crippen molar-refractivity contribution in [2.24, 2.45) is 4.99 Å². The second kappa shape index (κ2) is 10.6. The van der Waals surface area contributed by atoms with Gasteiger partial charge in [-0.1, -0.05) is 37.0 Å². The number of furan rings is 1. The molecule has 190 valence electrons.